The highest BCUT2D eigenvalue weighted by Crippen LogP contribution is 2.28. The Kier molecular flexibility index (Phi) is 10.6. The van der Waals surface area contributed by atoms with Gasteiger partial charge in [0.15, 0.2) is 0 Å². The summed E-state index contributed by atoms with van der Waals surface area (Å²) in [5, 5.41) is 3.53. The molecule has 9 heteroatoms. The number of amides is 2. The lowest BCUT2D eigenvalue weighted by Crippen LogP contribution is -2.55. The largest absolute Gasteiger partial charge is 0.350 e. The van der Waals surface area contributed by atoms with E-state index < -0.39 is 34.1 Å². The number of halogens is 1. The van der Waals surface area contributed by atoms with E-state index in [9.17, 15) is 18.0 Å². The van der Waals surface area contributed by atoms with Crippen LogP contribution in [0.15, 0.2) is 77.7 Å². The number of carbonyl (C=O) groups is 2. The Hall–Kier alpha value is -3.36. The van der Waals surface area contributed by atoms with Gasteiger partial charge in [0.1, 0.15) is 12.6 Å². The molecule has 3 aromatic carbocycles. The molecule has 0 spiro atoms. The van der Waals surface area contributed by atoms with Crippen molar-refractivity contribution >= 4 is 39.1 Å². The smallest absolute Gasteiger partial charge is 0.264 e. The zero-order valence-electron chi connectivity index (χ0n) is 24.6. The topological polar surface area (TPSA) is 86.8 Å². The van der Waals surface area contributed by atoms with Crippen molar-refractivity contribution in [3.05, 3.63) is 94.5 Å². The Morgan fingerprint density at radius 2 is 1.54 bits per heavy atom. The van der Waals surface area contributed by atoms with Crippen LogP contribution in [0.4, 0.5) is 5.69 Å². The van der Waals surface area contributed by atoms with E-state index >= 15 is 0 Å². The molecule has 3 aromatic rings. The van der Waals surface area contributed by atoms with Crippen molar-refractivity contribution in [3.63, 3.8) is 0 Å². The highest BCUT2D eigenvalue weighted by molar-refractivity contribution is 7.92. The molecule has 0 bridgehead atoms. The quantitative estimate of drug-likeness (QED) is 0.288. The summed E-state index contributed by atoms with van der Waals surface area (Å²) in [5.41, 5.74) is 2.40. The van der Waals surface area contributed by atoms with Crippen LogP contribution < -0.4 is 9.62 Å². The van der Waals surface area contributed by atoms with Gasteiger partial charge in [-0.15, -0.1) is 0 Å². The lowest BCUT2D eigenvalue weighted by Gasteiger charge is -2.35. The van der Waals surface area contributed by atoms with Crippen LogP contribution in [0.5, 0.6) is 0 Å². The van der Waals surface area contributed by atoms with Crippen molar-refractivity contribution in [2.45, 2.75) is 77.4 Å². The van der Waals surface area contributed by atoms with Gasteiger partial charge in [-0.05, 0) is 82.0 Å². The number of sulfonamides is 1. The second-order valence-electron chi connectivity index (χ2n) is 11.1. The van der Waals surface area contributed by atoms with E-state index in [2.05, 4.69) is 5.32 Å². The van der Waals surface area contributed by atoms with E-state index in [1.807, 2.05) is 53.7 Å². The molecule has 41 heavy (non-hydrogen) atoms. The first-order valence-electron chi connectivity index (χ1n) is 13.8. The Bertz CT molecular complexity index is 1450. The predicted octanol–water partition coefficient (Wildman–Crippen LogP) is 6.13. The van der Waals surface area contributed by atoms with Gasteiger partial charge in [0.05, 0.1) is 10.6 Å². The molecule has 220 valence electrons. The Morgan fingerprint density at radius 1 is 0.927 bits per heavy atom. The maximum absolute atomic E-state index is 14.2. The molecule has 0 aromatic heterocycles. The number of aryl methyl sites for hydroxylation is 2. The minimum Gasteiger partial charge on any atom is -0.350 e. The molecule has 0 heterocycles. The first-order valence-corrected chi connectivity index (χ1v) is 15.6. The molecule has 1 atom stereocenters. The van der Waals surface area contributed by atoms with E-state index in [0.717, 1.165) is 16.7 Å². The monoisotopic (exact) mass is 597 g/mol. The molecule has 2 amide bonds. The average Bonchev–Trinajstić information content (AvgIpc) is 2.91. The number of nitrogens with one attached hydrogen (secondary N) is 1. The second-order valence-corrected chi connectivity index (χ2v) is 13.4. The Balaban J connectivity index is 2.10. The minimum atomic E-state index is -4.12. The molecule has 0 radical (unpaired) electrons. The molecule has 0 saturated heterocycles. The van der Waals surface area contributed by atoms with Crippen molar-refractivity contribution in [2.75, 3.05) is 10.8 Å². The predicted molar refractivity (Wildman–Crippen MR) is 166 cm³/mol. The number of hydrogen-bond acceptors (Lipinski definition) is 4. The SMILES string of the molecule is CCc1ccccc1N(CC(=O)N(Cc1ccc(Cl)cc1)[C@@H](CC)C(=O)NC(C)(C)C)S(=O)(=O)c1ccc(C)cc1. The van der Waals surface area contributed by atoms with Crippen molar-refractivity contribution in [1.82, 2.24) is 10.2 Å². The first-order chi connectivity index (χ1) is 19.3. The number of nitrogens with zero attached hydrogens (tertiary/aromatic N) is 2. The fourth-order valence-electron chi connectivity index (χ4n) is 4.56. The molecule has 0 unspecified atom stereocenters. The van der Waals surface area contributed by atoms with Crippen LogP contribution in [0.3, 0.4) is 0 Å². The number of rotatable bonds is 11. The summed E-state index contributed by atoms with van der Waals surface area (Å²) in [4.78, 5) is 29.2. The number of benzene rings is 3. The third-order valence-corrected chi connectivity index (χ3v) is 8.71. The van der Waals surface area contributed by atoms with E-state index in [0.29, 0.717) is 23.6 Å². The standard InChI is InChI=1S/C32H40ClN3O4S/c1-7-25-11-9-10-12-29(25)36(41(39,40)27-19-13-23(3)14-20-27)22-30(37)35(21-24-15-17-26(33)18-16-24)28(8-2)31(38)34-32(4,5)6/h9-20,28H,7-8,21-22H2,1-6H3,(H,34,38)/t28-/m0/s1. The molecule has 1 N–H and O–H groups in total. The lowest BCUT2D eigenvalue weighted by molar-refractivity contribution is -0.141. The summed E-state index contributed by atoms with van der Waals surface area (Å²) in [7, 11) is -4.12. The van der Waals surface area contributed by atoms with Crippen LogP contribution in [0.1, 0.15) is 57.7 Å². The van der Waals surface area contributed by atoms with Gasteiger partial charge in [0.2, 0.25) is 11.8 Å². The van der Waals surface area contributed by atoms with Gasteiger partial charge >= 0.3 is 0 Å². The van der Waals surface area contributed by atoms with Crippen LogP contribution in [0.25, 0.3) is 0 Å². The fraction of sp³-hybridized carbons (Fsp3) is 0.375. The third-order valence-electron chi connectivity index (χ3n) is 6.68. The van der Waals surface area contributed by atoms with E-state index in [1.165, 1.54) is 9.21 Å². The van der Waals surface area contributed by atoms with E-state index in [4.69, 9.17) is 11.6 Å². The minimum absolute atomic E-state index is 0.0866. The molecule has 7 nitrogen and oxygen atoms in total. The van der Waals surface area contributed by atoms with Gasteiger partial charge in [-0.3, -0.25) is 13.9 Å². The zero-order valence-corrected chi connectivity index (χ0v) is 26.2. The maximum atomic E-state index is 14.2. The van der Waals surface area contributed by atoms with E-state index in [1.54, 1.807) is 60.7 Å². The molecule has 0 aliphatic heterocycles. The Labute approximate surface area is 249 Å². The lowest BCUT2D eigenvalue weighted by atomic mass is 10.1. The number of para-hydroxylation sites is 1. The molecule has 0 saturated carbocycles. The van der Waals surface area contributed by atoms with Crippen LogP contribution in [-0.2, 0) is 32.6 Å². The van der Waals surface area contributed by atoms with Crippen LogP contribution >= 0.6 is 11.6 Å². The van der Waals surface area contributed by atoms with Crippen LogP contribution in [-0.4, -0.2) is 43.3 Å². The zero-order chi connectivity index (χ0) is 30.4. The molecular formula is C32H40ClN3O4S. The van der Waals surface area contributed by atoms with Crippen LogP contribution in [0, 0.1) is 6.92 Å². The summed E-state index contributed by atoms with van der Waals surface area (Å²) >= 11 is 6.09. The van der Waals surface area contributed by atoms with Gasteiger partial charge in [-0.1, -0.05) is 73.5 Å². The maximum Gasteiger partial charge on any atom is 0.264 e. The van der Waals surface area contributed by atoms with Crippen LogP contribution in [0.2, 0.25) is 5.02 Å². The second kappa shape index (κ2) is 13.5. The molecule has 3 rings (SSSR count). The van der Waals surface area contributed by atoms with Crippen molar-refractivity contribution in [2.24, 2.45) is 0 Å². The Morgan fingerprint density at radius 3 is 2.10 bits per heavy atom. The summed E-state index contributed by atoms with van der Waals surface area (Å²) < 4.78 is 29.3. The van der Waals surface area contributed by atoms with Gasteiger partial charge < -0.3 is 10.2 Å². The molecule has 0 aliphatic carbocycles. The first kappa shape index (κ1) is 32.2. The third kappa shape index (κ3) is 8.33. The molecule has 0 fully saturated rings. The molecule has 0 aliphatic rings. The summed E-state index contributed by atoms with van der Waals surface area (Å²) in [6, 6.07) is 20.0. The van der Waals surface area contributed by atoms with E-state index in [-0.39, 0.29) is 17.3 Å². The van der Waals surface area contributed by atoms with Gasteiger partial charge in [0.25, 0.3) is 10.0 Å². The summed E-state index contributed by atoms with van der Waals surface area (Å²) in [5.74, 6) is -0.790. The summed E-state index contributed by atoms with van der Waals surface area (Å²) in [6.07, 6.45) is 0.918. The normalized spacial score (nSPS) is 12.5. The van der Waals surface area contributed by atoms with Crippen molar-refractivity contribution < 1.29 is 18.0 Å². The average molecular weight is 598 g/mol. The van der Waals surface area contributed by atoms with Gasteiger partial charge in [0, 0.05) is 17.1 Å². The fourth-order valence-corrected chi connectivity index (χ4v) is 6.14. The molecular weight excluding hydrogens is 558 g/mol. The number of hydrogen-bond donors (Lipinski definition) is 1. The van der Waals surface area contributed by atoms with Gasteiger partial charge in [-0.25, -0.2) is 8.42 Å². The highest BCUT2D eigenvalue weighted by Gasteiger charge is 2.35. The number of anilines is 1. The summed E-state index contributed by atoms with van der Waals surface area (Å²) in [6.45, 7) is 10.9. The van der Waals surface area contributed by atoms with Gasteiger partial charge in [-0.2, -0.15) is 0 Å². The van der Waals surface area contributed by atoms with Crippen molar-refractivity contribution in [3.8, 4) is 0 Å². The van der Waals surface area contributed by atoms with Crippen molar-refractivity contribution in [1.29, 1.82) is 0 Å². The number of carbonyl (C=O) groups excluding carboxylic acids is 2. The highest BCUT2D eigenvalue weighted by atomic mass is 35.5.